The molecule has 6 rings (SSSR count). The summed E-state index contributed by atoms with van der Waals surface area (Å²) in [6.45, 7) is 11.6. The van der Waals surface area contributed by atoms with E-state index in [0.29, 0.717) is 40.7 Å². The van der Waals surface area contributed by atoms with Crippen molar-refractivity contribution in [3.8, 4) is 17.6 Å². The third kappa shape index (κ3) is 4.93. The zero-order chi connectivity index (χ0) is 27.2. The maximum absolute atomic E-state index is 14.7. The first-order valence-corrected chi connectivity index (χ1v) is 13.6. The third-order valence-electron chi connectivity index (χ3n) is 8.23. The lowest BCUT2D eigenvalue weighted by Gasteiger charge is -2.33. The molecular formula is C31H28ClFN4O2. The Bertz CT molecular complexity index is 1520. The summed E-state index contributed by atoms with van der Waals surface area (Å²) in [5, 5.41) is 9.92. The van der Waals surface area contributed by atoms with Gasteiger partial charge in [-0.05, 0) is 87.0 Å². The normalized spacial score (nSPS) is 21.8. The van der Waals surface area contributed by atoms with Gasteiger partial charge in [-0.2, -0.15) is 5.26 Å². The number of halogens is 2. The third-order valence-corrected chi connectivity index (χ3v) is 8.46. The lowest BCUT2D eigenvalue weighted by molar-refractivity contribution is -0.0712. The number of piperidine rings is 1. The van der Waals surface area contributed by atoms with Gasteiger partial charge in [0.05, 0.1) is 29.3 Å². The molecule has 2 aliphatic heterocycles. The molecule has 1 atom stereocenters. The van der Waals surface area contributed by atoms with Crippen LogP contribution in [0.15, 0.2) is 48.7 Å². The molecule has 3 aliphatic rings. The first-order valence-electron chi connectivity index (χ1n) is 13.3. The predicted octanol–water partition coefficient (Wildman–Crippen LogP) is 7.29. The second-order valence-corrected chi connectivity index (χ2v) is 11.4. The van der Waals surface area contributed by atoms with E-state index in [1.54, 1.807) is 25.3 Å². The minimum absolute atomic E-state index is 0.280. The highest BCUT2D eigenvalue weighted by molar-refractivity contribution is 6.30. The highest BCUT2D eigenvalue weighted by atomic mass is 35.5. The Morgan fingerprint density at radius 1 is 1.21 bits per heavy atom. The van der Waals surface area contributed by atoms with Gasteiger partial charge in [-0.3, -0.25) is 9.88 Å². The number of benzene rings is 2. The summed E-state index contributed by atoms with van der Waals surface area (Å²) in [5.41, 5.74) is 3.59. The summed E-state index contributed by atoms with van der Waals surface area (Å²) < 4.78 is 27.2. The molecule has 2 aromatic carbocycles. The molecule has 8 heteroatoms. The van der Waals surface area contributed by atoms with Gasteiger partial charge in [0.15, 0.2) is 11.5 Å². The van der Waals surface area contributed by atoms with E-state index in [4.69, 9.17) is 27.6 Å². The number of ether oxygens (including phenoxy) is 2. The van der Waals surface area contributed by atoms with Crippen LogP contribution in [-0.4, -0.2) is 23.0 Å². The molecule has 0 amide bonds. The lowest BCUT2D eigenvalue weighted by Crippen LogP contribution is -2.34. The Kier molecular flexibility index (Phi) is 6.46. The molecule has 0 unspecified atom stereocenters. The number of hydrogen-bond acceptors (Lipinski definition) is 5. The summed E-state index contributed by atoms with van der Waals surface area (Å²) in [5.74, 6) is -0.157. The molecule has 2 fully saturated rings. The molecule has 3 aromatic rings. The molecular weight excluding hydrogens is 515 g/mol. The van der Waals surface area contributed by atoms with Crippen molar-refractivity contribution in [3.05, 3.63) is 93.3 Å². The Morgan fingerprint density at radius 3 is 2.69 bits per heavy atom. The molecule has 0 radical (unpaired) electrons. The van der Waals surface area contributed by atoms with Crippen LogP contribution in [0.2, 0.25) is 5.02 Å². The van der Waals surface area contributed by atoms with E-state index in [1.165, 1.54) is 6.07 Å². The van der Waals surface area contributed by atoms with Gasteiger partial charge in [-0.25, -0.2) is 9.24 Å². The number of likely N-dealkylation sites (tertiary alicyclic amines) is 1. The molecule has 3 heterocycles. The maximum Gasteiger partial charge on any atom is 0.278 e. The summed E-state index contributed by atoms with van der Waals surface area (Å²) in [6.07, 6.45) is 5.98. The second kappa shape index (κ2) is 9.83. The molecule has 39 heavy (non-hydrogen) atoms. The van der Waals surface area contributed by atoms with Crippen LogP contribution in [0.5, 0.6) is 11.5 Å². The minimum Gasteiger partial charge on any atom is -0.444 e. The molecule has 6 nitrogen and oxygen atoms in total. The van der Waals surface area contributed by atoms with Crippen LogP contribution in [0.25, 0.3) is 4.85 Å². The van der Waals surface area contributed by atoms with Gasteiger partial charge >= 0.3 is 0 Å². The van der Waals surface area contributed by atoms with Gasteiger partial charge in [0, 0.05) is 30.3 Å². The lowest BCUT2D eigenvalue weighted by atomic mass is 9.88. The minimum atomic E-state index is -1.27. The average Bonchev–Trinajstić information content (AvgIpc) is 3.61. The van der Waals surface area contributed by atoms with E-state index < -0.39 is 11.6 Å². The van der Waals surface area contributed by atoms with Crippen molar-refractivity contribution in [2.24, 2.45) is 5.41 Å². The number of rotatable bonds is 6. The summed E-state index contributed by atoms with van der Waals surface area (Å²) in [4.78, 5) is 10.6. The number of hydrogen-bond donors (Lipinski definition) is 0. The van der Waals surface area contributed by atoms with E-state index in [9.17, 15) is 9.65 Å². The zero-order valence-electron chi connectivity index (χ0n) is 21.7. The summed E-state index contributed by atoms with van der Waals surface area (Å²) >= 11 is 5.95. The fourth-order valence-corrected chi connectivity index (χ4v) is 5.94. The SMILES string of the molecule is [C-]#[N+]c1cnc(CN2CCC(c3cccc4c3O[C@@](C)(c3ccc(Cl)cc3F)O4)CC2)c(CC2(C#N)CC2)c1. The van der Waals surface area contributed by atoms with Crippen molar-refractivity contribution >= 4 is 17.3 Å². The molecule has 1 aromatic heterocycles. The largest absolute Gasteiger partial charge is 0.444 e. The standard InChI is InChI=1S/C31H28ClFN4O2/c1-30(25-7-6-22(32)15-26(25)33)38-28-5-3-4-24(29(28)39-30)20-8-12-37(13-9-20)18-27-21(14-23(35-2)17-36-27)16-31(19-34)10-11-31/h3-7,14-15,17,20H,8-13,16,18H2,1H3/t30-/m0/s1. The van der Waals surface area contributed by atoms with Crippen molar-refractivity contribution in [1.29, 1.82) is 5.26 Å². The molecule has 0 spiro atoms. The molecule has 1 aliphatic carbocycles. The molecule has 0 N–H and O–H groups in total. The molecule has 1 saturated heterocycles. The number of nitrogens with zero attached hydrogens (tertiary/aromatic N) is 4. The van der Waals surface area contributed by atoms with Crippen LogP contribution in [-0.2, 0) is 18.8 Å². The Morgan fingerprint density at radius 2 is 2.00 bits per heavy atom. The van der Waals surface area contributed by atoms with Crippen molar-refractivity contribution in [2.75, 3.05) is 13.1 Å². The van der Waals surface area contributed by atoms with Gasteiger partial charge in [-0.1, -0.05) is 23.7 Å². The molecule has 1 saturated carbocycles. The van der Waals surface area contributed by atoms with E-state index in [2.05, 4.69) is 26.9 Å². The maximum atomic E-state index is 14.7. The smallest absolute Gasteiger partial charge is 0.278 e. The highest BCUT2D eigenvalue weighted by Crippen LogP contribution is 2.50. The van der Waals surface area contributed by atoms with Crippen LogP contribution in [0.1, 0.15) is 60.9 Å². The molecule has 198 valence electrons. The first-order chi connectivity index (χ1) is 18.8. The van der Waals surface area contributed by atoms with Crippen molar-refractivity contribution < 1.29 is 13.9 Å². The van der Waals surface area contributed by atoms with Crippen LogP contribution >= 0.6 is 11.6 Å². The highest BCUT2D eigenvalue weighted by Gasteiger charge is 2.44. The van der Waals surface area contributed by atoms with Gasteiger partial charge in [-0.15, -0.1) is 0 Å². The van der Waals surface area contributed by atoms with Crippen molar-refractivity contribution in [2.45, 2.75) is 57.3 Å². The van der Waals surface area contributed by atoms with Crippen LogP contribution in [0.3, 0.4) is 0 Å². The number of para-hydroxylation sites is 1. The number of aromatic nitrogens is 1. The number of pyridine rings is 1. The predicted molar refractivity (Wildman–Crippen MR) is 145 cm³/mol. The van der Waals surface area contributed by atoms with Crippen LogP contribution < -0.4 is 9.47 Å². The van der Waals surface area contributed by atoms with Gasteiger partial charge in [0.2, 0.25) is 5.69 Å². The zero-order valence-corrected chi connectivity index (χ0v) is 22.5. The summed E-state index contributed by atoms with van der Waals surface area (Å²) in [7, 11) is 0. The van der Waals surface area contributed by atoms with E-state index in [-0.39, 0.29) is 11.3 Å². The fraction of sp³-hybridized carbons (Fsp3) is 0.387. The van der Waals surface area contributed by atoms with E-state index >= 15 is 0 Å². The number of nitriles is 1. The Hall–Kier alpha value is -3.65. The number of fused-ring (bicyclic) bond motifs is 1. The topological polar surface area (TPSA) is 62.7 Å². The fourth-order valence-electron chi connectivity index (χ4n) is 5.78. The average molecular weight is 543 g/mol. The van der Waals surface area contributed by atoms with Crippen LogP contribution in [0.4, 0.5) is 10.1 Å². The Labute approximate surface area is 232 Å². The van der Waals surface area contributed by atoms with Gasteiger partial charge in [0.1, 0.15) is 5.82 Å². The molecule has 0 bridgehead atoms. The van der Waals surface area contributed by atoms with Gasteiger partial charge < -0.3 is 9.47 Å². The van der Waals surface area contributed by atoms with Crippen molar-refractivity contribution in [1.82, 2.24) is 9.88 Å². The monoisotopic (exact) mass is 542 g/mol. The van der Waals surface area contributed by atoms with Crippen molar-refractivity contribution in [3.63, 3.8) is 0 Å². The summed E-state index contributed by atoms with van der Waals surface area (Å²) in [6, 6.07) is 14.8. The van der Waals surface area contributed by atoms with E-state index in [0.717, 1.165) is 55.6 Å². The van der Waals surface area contributed by atoms with Crippen LogP contribution in [0, 0.1) is 29.1 Å². The van der Waals surface area contributed by atoms with E-state index in [1.807, 2.05) is 18.2 Å². The Balaban J connectivity index is 1.16. The quantitative estimate of drug-likeness (QED) is 0.306. The van der Waals surface area contributed by atoms with Gasteiger partial charge in [0.25, 0.3) is 5.79 Å². The first kappa shape index (κ1) is 25.6. The second-order valence-electron chi connectivity index (χ2n) is 11.0.